The molecule has 0 bridgehead atoms. The van der Waals surface area contributed by atoms with Gasteiger partial charge in [-0.25, -0.2) is 9.78 Å². The standard InChI is InChI=1S/C12H18N2O3/c1-4-17-8-7-14(3)11-6-5-10(12(15)16)9(2)13-11/h5-6H,4,7-8H2,1-3H3,(H,15,16). The summed E-state index contributed by atoms with van der Waals surface area (Å²) in [5, 5.41) is 8.89. The molecule has 0 unspecified atom stereocenters. The number of pyridine rings is 1. The number of carboxylic acids is 1. The van der Waals surface area contributed by atoms with E-state index in [1.54, 1.807) is 19.1 Å². The summed E-state index contributed by atoms with van der Waals surface area (Å²) < 4.78 is 5.25. The van der Waals surface area contributed by atoms with Gasteiger partial charge in [-0.1, -0.05) is 0 Å². The minimum absolute atomic E-state index is 0.243. The lowest BCUT2D eigenvalue weighted by atomic mass is 10.2. The van der Waals surface area contributed by atoms with Crippen LogP contribution in [0.2, 0.25) is 0 Å². The first-order chi connectivity index (χ1) is 8.06. The zero-order valence-electron chi connectivity index (χ0n) is 10.4. The molecule has 0 radical (unpaired) electrons. The van der Waals surface area contributed by atoms with Crippen molar-refractivity contribution in [1.29, 1.82) is 0 Å². The van der Waals surface area contributed by atoms with Gasteiger partial charge in [0.25, 0.3) is 0 Å². The molecule has 0 saturated carbocycles. The van der Waals surface area contributed by atoms with E-state index >= 15 is 0 Å². The van der Waals surface area contributed by atoms with E-state index in [1.807, 2.05) is 18.9 Å². The maximum Gasteiger partial charge on any atom is 0.337 e. The molecule has 17 heavy (non-hydrogen) atoms. The first-order valence-electron chi connectivity index (χ1n) is 5.56. The molecule has 1 rings (SSSR count). The van der Waals surface area contributed by atoms with Crippen LogP contribution in [0, 0.1) is 6.92 Å². The number of aromatic carboxylic acids is 1. The van der Waals surface area contributed by atoms with Gasteiger partial charge in [-0.2, -0.15) is 0 Å². The average molecular weight is 238 g/mol. The van der Waals surface area contributed by atoms with Gasteiger partial charge >= 0.3 is 5.97 Å². The predicted octanol–water partition coefficient (Wildman–Crippen LogP) is 1.56. The van der Waals surface area contributed by atoms with Crippen molar-refractivity contribution in [2.75, 3.05) is 31.7 Å². The minimum Gasteiger partial charge on any atom is -0.478 e. The smallest absolute Gasteiger partial charge is 0.337 e. The quantitative estimate of drug-likeness (QED) is 0.762. The van der Waals surface area contributed by atoms with Crippen molar-refractivity contribution in [3.63, 3.8) is 0 Å². The van der Waals surface area contributed by atoms with Crippen LogP contribution in [0.5, 0.6) is 0 Å². The van der Waals surface area contributed by atoms with Crippen LogP contribution in [0.3, 0.4) is 0 Å². The molecular formula is C12H18N2O3. The van der Waals surface area contributed by atoms with Crippen LogP contribution in [0.1, 0.15) is 23.0 Å². The van der Waals surface area contributed by atoms with E-state index in [1.165, 1.54) is 0 Å². The zero-order chi connectivity index (χ0) is 12.8. The minimum atomic E-state index is -0.946. The Kier molecular flexibility index (Phi) is 4.90. The molecule has 5 nitrogen and oxygen atoms in total. The maximum absolute atomic E-state index is 10.8. The lowest BCUT2D eigenvalue weighted by Gasteiger charge is -2.18. The molecule has 1 heterocycles. The summed E-state index contributed by atoms with van der Waals surface area (Å²) in [5.41, 5.74) is 0.769. The van der Waals surface area contributed by atoms with Crippen LogP contribution in [0.15, 0.2) is 12.1 Å². The summed E-state index contributed by atoms with van der Waals surface area (Å²) in [4.78, 5) is 17.0. The molecule has 0 amide bonds. The van der Waals surface area contributed by atoms with Crippen LogP contribution >= 0.6 is 0 Å². The molecule has 5 heteroatoms. The highest BCUT2D eigenvalue weighted by atomic mass is 16.5. The number of nitrogens with zero attached hydrogens (tertiary/aromatic N) is 2. The van der Waals surface area contributed by atoms with Crippen molar-refractivity contribution in [2.24, 2.45) is 0 Å². The number of hydrogen-bond acceptors (Lipinski definition) is 4. The number of likely N-dealkylation sites (N-methyl/N-ethyl adjacent to an activating group) is 1. The number of anilines is 1. The number of aryl methyl sites for hydroxylation is 1. The van der Waals surface area contributed by atoms with Crippen LogP contribution in [-0.4, -0.2) is 42.9 Å². The molecule has 0 aliphatic heterocycles. The van der Waals surface area contributed by atoms with Crippen LogP contribution < -0.4 is 4.90 Å². The number of carbonyl (C=O) groups is 1. The third-order valence-electron chi connectivity index (χ3n) is 2.47. The molecule has 0 atom stereocenters. The molecular weight excluding hydrogens is 220 g/mol. The van der Waals surface area contributed by atoms with Crippen LogP contribution in [-0.2, 0) is 4.74 Å². The maximum atomic E-state index is 10.8. The summed E-state index contributed by atoms with van der Waals surface area (Å²) in [7, 11) is 1.90. The number of rotatable bonds is 6. The second-order valence-corrected chi connectivity index (χ2v) is 3.73. The van der Waals surface area contributed by atoms with Gasteiger partial charge in [0.05, 0.1) is 17.9 Å². The molecule has 1 aromatic heterocycles. The summed E-state index contributed by atoms with van der Waals surface area (Å²) in [5.74, 6) is -0.189. The normalized spacial score (nSPS) is 10.3. The van der Waals surface area contributed by atoms with Crippen LogP contribution in [0.4, 0.5) is 5.82 Å². The van der Waals surface area contributed by atoms with E-state index in [-0.39, 0.29) is 5.56 Å². The SMILES string of the molecule is CCOCCN(C)c1ccc(C(=O)O)c(C)n1. The Morgan fingerprint density at radius 3 is 2.76 bits per heavy atom. The van der Waals surface area contributed by atoms with Crippen molar-refractivity contribution >= 4 is 11.8 Å². The Balaban J connectivity index is 2.72. The third kappa shape index (κ3) is 3.71. The fourth-order valence-electron chi connectivity index (χ4n) is 1.45. The third-order valence-corrected chi connectivity index (χ3v) is 2.47. The molecule has 1 aromatic rings. The number of hydrogen-bond donors (Lipinski definition) is 1. The zero-order valence-corrected chi connectivity index (χ0v) is 10.4. The average Bonchev–Trinajstić information content (AvgIpc) is 2.28. The molecule has 0 spiro atoms. The van der Waals surface area contributed by atoms with Gasteiger partial charge in [-0.05, 0) is 26.0 Å². The first kappa shape index (κ1) is 13.4. The predicted molar refractivity (Wildman–Crippen MR) is 65.7 cm³/mol. The van der Waals surface area contributed by atoms with Gasteiger partial charge in [-0.15, -0.1) is 0 Å². The summed E-state index contributed by atoms with van der Waals surface area (Å²) in [6.45, 7) is 5.70. The fraction of sp³-hybridized carbons (Fsp3) is 0.500. The van der Waals surface area contributed by atoms with Crippen molar-refractivity contribution in [2.45, 2.75) is 13.8 Å². The largest absolute Gasteiger partial charge is 0.478 e. The summed E-state index contributed by atoms with van der Waals surface area (Å²) in [6, 6.07) is 3.29. The Morgan fingerprint density at radius 2 is 2.24 bits per heavy atom. The molecule has 0 aliphatic rings. The van der Waals surface area contributed by atoms with Crippen molar-refractivity contribution in [3.8, 4) is 0 Å². The first-order valence-corrected chi connectivity index (χ1v) is 5.56. The Bertz CT molecular complexity index is 393. The second kappa shape index (κ2) is 6.20. The van der Waals surface area contributed by atoms with Crippen molar-refractivity contribution in [1.82, 2.24) is 4.98 Å². The van der Waals surface area contributed by atoms with Gasteiger partial charge in [0.15, 0.2) is 0 Å². The molecule has 0 aromatic carbocycles. The van der Waals surface area contributed by atoms with E-state index in [0.29, 0.717) is 18.9 Å². The lowest BCUT2D eigenvalue weighted by Crippen LogP contribution is -2.24. The topological polar surface area (TPSA) is 62.7 Å². The van der Waals surface area contributed by atoms with Gasteiger partial charge < -0.3 is 14.7 Å². The Labute approximate surface area is 101 Å². The molecule has 0 saturated heterocycles. The number of ether oxygens (including phenoxy) is 1. The lowest BCUT2D eigenvalue weighted by molar-refractivity contribution is 0.0695. The monoisotopic (exact) mass is 238 g/mol. The van der Waals surface area contributed by atoms with E-state index in [4.69, 9.17) is 9.84 Å². The number of carboxylic acid groups (broad SMARTS) is 1. The Hall–Kier alpha value is -1.62. The van der Waals surface area contributed by atoms with E-state index in [2.05, 4.69) is 4.98 Å². The van der Waals surface area contributed by atoms with E-state index < -0.39 is 5.97 Å². The van der Waals surface area contributed by atoms with Crippen LogP contribution in [0.25, 0.3) is 0 Å². The summed E-state index contributed by atoms with van der Waals surface area (Å²) >= 11 is 0. The highest BCUT2D eigenvalue weighted by Gasteiger charge is 2.10. The van der Waals surface area contributed by atoms with Gasteiger partial charge in [-0.3, -0.25) is 0 Å². The molecule has 94 valence electrons. The highest BCUT2D eigenvalue weighted by Crippen LogP contribution is 2.13. The number of aromatic nitrogens is 1. The van der Waals surface area contributed by atoms with Gasteiger partial charge in [0, 0.05) is 20.2 Å². The molecule has 0 fully saturated rings. The van der Waals surface area contributed by atoms with Gasteiger partial charge in [0.2, 0.25) is 0 Å². The van der Waals surface area contributed by atoms with Crippen molar-refractivity contribution < 1.29 is 14.6 Å². The Morgan fingerprint density at radius 1 is 1.53 bits per heavy atom. The summed E-state index contributed by atoms with van der Waals surface area (Å²) in [6.07, 6.45) is 0. The highest BCUT2D eigenvalue weighted by molar-refractivity contribution is 5.89. The fourth-order valence-corrected chi connectivity index (χ4v) is 1.45. The molecule has 1 N–H and O–H groups in total. The van der Waals surface area contributed by atoms with Crippen molar-refractivity contribution in [3.05, 3.63) is 23.4 Å². The van der Waals surface area contributed by atoms with E-state index in [9.17, 15) is 4.79 Å². The van der Waals surface area contributed by atoms with E-state index in [0.717, 1.165) is 12.4 Å². The molecule has 0 aliphatic carbocycles. The second-order valence-electron chi connectivity index (χ2n) is 3.73. The van der Waals surface area contributed by atoms with Gasteiger partial charge in [0.1, 0.15) is 5.82 Å².